The number of aromatic nitrogens is 4. The molecule has 3 heterocycles. The molecule has 9 heteroatoms. The molecule has 2 unspecified atom stereocenters. The summed E-state index contributed by atoms with van der Waals surface area (Å²) in [5, 5.41) is 4.69. The van der Waals surface area contributed by atoms with Gasteiger partial charge < -0.3 is 9.88 Å². The number of nitrogens with one attached hydrogen (secondary N) is 1. The van der Waals surface area contributed by atoms with E-state index >= 15 is 0 Å². The quantitative estimate of drug-likeness (QED) is 0.771. The van der Waals surface area contributed by atoms with E-state index in [-0.39, 0.29) is 47.6 Å². The molecule has 2 aliphatic carbocycles. The summed E-state index contributed by atoms with van der Waals surface area (Å²) < 4.78 is 28.8. The number of hydrogen-bond donors (Lipinski definition) is 1. The van der Waals surface area contributed by atoms with Crippen LogP contribution in [0.1, 0.15) is 83.0 Å². The van der Waals surface area contributed by atoms with Crippen molar-refractivity contribution >= 4 is 16.9 Å². The molecule has 32 heavy (non-hydrogen) atoms. The van der Waals surface area contributed by atoms with E-state index in [1.54, 1.807) is 4.68 Å². The normalized spacial score (nSPS) is 27.9. The summed E-state index contributed by atoms with van der Waals surface area (Å²) >= 11 is 0. The van der Waals surface area contributed by atoms with Crippen molar-refractivity contribution in [1.29, 1.82) is 0 Å². The first-order chi connectivity index (χ1) is 15.1. The number of alkyl halides is 2. The fraction of sp³-hybridized carbons (Fsp3) is 0.739. The monoisotopic (exact) mass is 447 g/mol. The van der Waals surface area contributed by atoms with Crippen LogP contribution in [0.2, 0.25) is 0 Å². The van der Waals surface area contributed by atoms with Gasteiger partial charge >= 0.3 is 0 Å². The van der Waals surface area contributed by atoms with Gasteiger partial charge in [0.05, 0.1) is 12.2 Å². The van der Waals surface area contributed by atoms with Crippen molar-refractivity contribution in [3.8, 4) is 0 Å². The Bertz CT molecular complexity index is 1070. The minimum absolute atomic E-state index is 0.117. The molecule has 0 aromatic carbocycles. The molecule has 3 fully saturated rings. The zero-order valence-electron chi connectivity index (χ0n) is 18.7. The summed E-state index contributed by atoms with van der Waals surface area (Å²) in [5.41, 5.74) is 0.432. The molecule has 0 bridgehead atoms. The summed E-state index contributed by atoms with van der Waals surface area (Å²) in [6, 6.07) is -0.190. The number of fused-ring (bicyclic) bond motifs is 1. The number of halogens is 2. The van der Waals surface area contributed by atoms with Crippen LogP contribution in [-0.4, -0.2) is 49.6 Å². The van der Waals surface area contributed by atoms with Gasteiger partial charge in [-0.1, -0.05) is 13.8 Å². The SMILES string of the molecule is CC1(C)CCN(C(=O)C2CCC2c2nc3c(cnn3C3CCC(F)(F)CC3)c(=O)[nH]2)CC1. The second kappa shape index (κ2) is 7.63. The van der Waals surface area contributed by atoms with Crippen molar-refractivity contribution in [2.45, 2.75) is 83.1 Å². The molecule has 7 nitrogen and oxygen atoms in total. The van der Waals surface area contributed by atoms with E-state index in [0.29, 0.717) is 29.7 Å². The Morgan fingerprint density at radius 3 is 2.41 bits per heavy atom. The Balaban J connectivity index is 1.38. The molecule has 2 aromatic heterocycles. The largest absolute Gasteiger partial charge is 0.342 e. The molecule has 1 aliphatic heterocycles. The number of hydrogen-bond acceptors (Lipinski definition) is 4. The Morgan fingerprint density at radius 1 is 1.09 bits per heavy atom. The van der Waals surface area contributed by atoms with Gasteiger partial charge in [0, 0.05) is 37.8 Å². The fourth-order valence-corrected chi connectivity index (χ4v) is 5.36. The van der Waals surface area contributed by atoms with E-state index < -0.39 is 5.92 Å². The number of carbonyl (C=O) groups excluding carboxylic acids is 1. The maximum absolute atomic E-state index is 13.6. The zero-order chi connectivity index (χ0) is 22.7. The molecule has 1 amide bonds. The molecule has 174 valence electrons. The van der Waals surface area contributed by atoms with Crippen molar-refractivity contribution < 1.29 is 13.6 Å². The van der Waals surface area contributed by atoms with Crippen LogP contribution >= 0.6 is 0 Å². The second-order valence-corrected chi connectivity index (χ2v) is 10.6. The molecule has 0 radical (unpaired) electrons. The van der Waals surface area contributed by atoms with Crippen LogP contribution in [0.3, 0.4) is 0 Å². The third-order valence-electron chi connectivity index (χ3n) is 7.89. The second-order valence-electron chi connectivity index (χ2n) is 10.6. The highest BCUT2D eigenvalue weighted by molar-refractivity contribution is 5.81. The van der Waals surface area contributed by atoms with Crippen LogP contribution in [0.15, 0.2) is 11.0 Å². The number of likely N-dealkylation sites (tertiary alicyclic amines) is 1. The minimum atomic E-state index is -2.63. The zero-order valence-corrected chi connectivity index (χ0v) is 18.7. The fourth-order valence-electron chi connectivity index (χ4n) is 5.36. The standard InChI is InChI=1S/C23H31F2N5O2/c1-22(2)9-11-29(12-10-22)21(32)16-4-3-15(16)18-27-19-17(20(31)28-18)13-26-30(19)14-5-7-23(24,25)8-6-14/h13-16H,3-12H2,1-2H3,(H,27,28,31). The van der Waals surface area contributed by atoms with Gasteiger partial charge in [-0.15, -0.1) is 0 Å². The van der Waals surface area contributed by atoms with Crippen LogP contribution in [0.25, 0.3) is 11.0 Å². The maximum atomic E-state index is 13.6. The molecular formula is C23H31F2N5O2. The van der Waals surface area contributed by atoms with E-state index in [0.717, 1.165) is 38.8 Å². The average molecular weight is 448 g/mol. The van der Waals surface area contributed by atoms with Gasteiger partial charge in [0.15, 0.2) is 5.65 Å². The first-order valence-corrected chi connectivity index (χ1v) is 11.8. The summed E-state index contributed by atoms with van der Waals surface area (Å²) in [7, 11) is 0. The molecule has 3 aliphatic rings. The Kier molecular flexibility index (Phi) is 5.13. The molecule has 1 N–H and O–H groups in total. The third-order valence-corrected chi connectivity index (χ3v) is 7.89. The van der Waals surface area contributed by atoms with Crippen LogP contribution in [0, 0.1) is 11.3 Å². The Morgan fingerprint density at radius 2 is 1.78 bits per heavy atom. The predicted octanol–water partition coefficient (Wildman–Crippen LogP) is 4.01. The summed E-state index contributed by atoms with van der Waals surface area (Å²) in [5.74, 6) is -2.23. The maximum Gasteiger partial charge on any atom is 0.262 e. The van der Waals surface area contributed by atoms with Crippen molar-refractivity contribution in [3.05, 3.63) is 22.4 Å². The molecule has 1 saturated heterocycles. The van der Waals surface area contributed by atoms with Gasteiger partial charge in [-0.2, -0.15) is 5.10 Å². The van der Waals surface area contributed by atoms with E-state index in [1.165, 1.54) is 6.20 Å². The highest BCUT2D eigenvalue weighted by Crippen LogP contribution is 2.44. The number of piperidine rings is 1. The van der Waals surface area contributed by atoms with Crippen LogP contribution in [0.5, 0.6) is 0 Å². The van der Waals surface area contributed by atoms with Gasteiger partial charge in [0.25, 0.3) is 5.56 Å². The summed E-state index contributed by atoms with van der Waals surface area (Å²) in [6.07, 6.45) is 5.31. The van der Waals surface area contributed by atoms with Crippen LogP contribution in [0.4, 0.5) is 8.78 Å². The van der Waals surface area contributed by atoms with E-state index in [9.17, 15) is 18.4 Å². The van der Waals surface area contributed by atoms with E-state index in [4.69, 9.17) is 4.98 Å². The van der Waals surface area contributed by atoms with Crippen molar-refractivity contribution in [2.24, 2.45) is 11.3 Å². The van der Waals surface area contributed by atoms with Crippen LogP contribution < -0.4 is 5.56 Å². The van der Waals surface area contributed by atoms with Gasteiger partial charge in [-0.25, -0.2) is 18.4 Å². The van der Waals surface area contributed by atoms with Gasteiger partial charge in [-0.3, -0.25) is 9.59 Å². The Labute approximate surface area is 185 Å². The molecule has 2 saturated carbocycles. The minimum Gasteiger partial charge on any atom is -0.342 e. The van der Waals surface area contributed by atoms with E-state index in [1.807, 2.05) is 4.90 Å². The number of carbonyl (C=O) groups is 1. The van der Waals surface area contributed by atoms with Gasteiger partial charge in [-0.05, 0) is 43.9 Å². The first kappa shape index (κ1) is 21.5. The number of rotatable bonds is 3. The van der Waals surface area contributed by atoms with Crippen molar-refractivity contribution in [3.63, 3.8) is 0 Å². The lowest BCUT2D eigenvalue weighted by molar-refractivity contribution is -0.141. The average Bonchev–Trinajstić information content (AvgIpc) is 3.11. The predicted molar refractivity (Wildman–Crippen MR) is 116 cm³/mol. The third kappa shape index (κ3) is 3.83. The van der Waals surface area contributed by atoms with E-state index in [2.05, 4.69) is 23.9 Å². The summed E-state index contributed by atoms with van der Waals surface area (Å²) in [4.78, 5) is 35.4. The molecule has 0 spiro atoms. The molecule has 5 rings (SSSR count). The first-order valence-electron chi connectivity index (χ1n) is 11.8. The number of aromatic amines is 1. The topological polar surface area (TPSA) is 83.9 Å². The lowest BCUT2D eigenvalue weighted by Gasteiger charge is -2.42. The van der Waals surface area contributed by atoms with Crippen molar-refractivity contribution in [1.82, 2.24) is 24.6 Å². The molecule has 2 atom stereocenters. The smallest absolute Gasteiger partial charge is 0.262 e. The van der Waals surface area contributed by atoms with Crippen LogP contribution in [-0.2, 0) is 4.79 Å². The van der Waals surface area contributed by atoms with Gasteiger partial charge in [0.2, 0.25) is 11.8 Å². The summed E-state index contributed by atoms with van der Waals surface area (Å²) in [6.45, 7) is 6.02. The lowest BCUT2D eigenvalue weighted by atomic mass is 9.71. The molecular weight excluding hydrogens is 416 g/mol. The number of nitrogens with zero attached hydrogens (tertiary/aromatic N) is 4. The molecule has 2 aromatic rings. The van der Waals surface area contributed by atoms with Gasteiger partial charge in [0.1, 0.15) is 11.2 Å². The highest BCUT2D eigenvalue weighted by Gasteiger charge is 2.43. The Hall–Kier alpha value is -2.32. The van der Waals surface area contributed by atoms with Crippen molar-refractivity contribution in [2.75, 3.05) is 13.1 Å². The number of H-pyrrole nitrogens is 1. The highest BCUT2D eigenvalue weighted by atomic mass is 19.3. The number of amides is 1. The lowest BCUT2D eigenvalue weighted by Crippen LogP contribution is -2.47.